The van der Waals surface area contributed by atoms with E-state index in [-0.39, 0.29) is 11.5 Å². The van der Waals surface area contributed by atoms with E-state index in [0.29, 0.717) is 26.6 Å². The molecule has 0 saturated heterocycles. The highest BCUT2D eigenvalue weighted by Gasteiger charge is 2.19. The molecular formula is C17H14N4O2S2. The molecule has 0 aliphatic rings. The molecule has 1 aromatic carbocycles. The van der Waals surface area contributed by atoms with Gasteiger partial charge in [-0.2, -0.15) is 5.26 Å². The minimum atomic E-state index is -0.457. The number of nitrogens with one attached hydrogen (secondary N) is 1. The van der Waals surface area contributed by atoms with Crippen LogP contribution in [0.25, 0.3) is 10.2 Å². The van der Waals surface area contributed by atoms with E-state index in [4.69, 9.17) is 5.26 Å². The molecule has 126 valence electrons. The zero-order chi connectivity index (χ0) is 18.0. The summed E-state index contributed by atoms with van der Waals surface area (Å²) in [7, 11) is 1.65. The summed E-state index contributed by atoms with van der Waals surface area (Å²) in [6.45, 7) is 1.75. The van der Waals surface area contributed by atoms with E-state index in [1.165, 1.54) is 27.7 Å². The zero-order valence-electron chi connectivity index (χ0n) is 13.5. The number of anilines is 1. The Bertz CT molecular complexity index is 1050. The molecule has 1 atom stereocenters. The number of nitriles is 1. The lowest BCUT2D eigenvalue weighted by molar-refractivity contribution is -0.115. The highest BCUT2D eigenvalue weighted by molar-refractivity contribution is 8.00. The SMILES string of the molecule is CC(Sc1nc2sccc2c(=O)n1C)C(=O)Nc1cccc(C#N)c1. The van der Waals surface area contributed by atoms with Crippen molar-refractivity contribution in [2.75, 3.05) is 5.32 Å². The second-order valence-electron chi connectivity index (χ2n) is 5.34. The second kappa shape index (κ2) is 7.09. The molecule has 0 bridgehead atoms. The van der Waals surface area contributed by atoms with Gasteiger partial charge in [-0.25, -0.2) is 4.98 Å². The number of hydrogen-bond donors (Lipinski definition) is 1. The molecule has 3 aromatic rings. The molecule has 1 unspecified atom stereocenters. The molecule has 2 aromatic heterocycles. The van der Waals surface area contributed by atoms with E-state index in [9.17, 15) is 9.59 Å². The number of rotatable bonds is 4. The molecule has 6 nitrogen and oxygen atoms in total. The van der Waals surface area contributed by atoms with Gasteiger partial charge in [-0.05, 0) is 36.6 Å². The normalized spacial score (nSPS) is 11.9. The number of nitrogens with zero attached hydrogens (tertiary/aromatic N) is 3. The highest BCUT2D eigenvalue weighted by Crippen LogP contribution is 2.24. The fourth-order valence-corrected chi connectivity index (χ4v) is 3.89. The van der Waals surface area contributed by atoms with Gasteiger partial charge >= 0.3 is 0 Å². The predicted octanol–water partition coefficient (Wildman–Crippen LogP) is 2.99. The third-order valence-electron chi connectivity index (χ3n) is 3.57. The van der Waals surface area contributed by atoms with Crippen molar-refractivity contribution < 1.29 is 4.79 Å². The standard InChI is InChI=1S/C17H14N4O2S2/c1-10(14(22)19-12-5-3-4-11(8-12)9-18)25-17-20-15-13(6-7-24-15)16(23)21(17)2/h3-8,10H,1-2H3,(H,19,22). The van der Waals surface area contributed by atoms with Crippen LogP contribution in [0.5, 0.6) is 0 Å². The number of benzene rings is 1. The van der Waals surface area contributed by atoms with Gasteiger partial charge in [-0.3, -0.25) is 14.2 Å². The van der Waals surface area contributed by atoms with Crippen LogP contribution >= 0.6 is 23.1 Å². The number of fused-ring (bicyclic) bond motifs is 1. The number of carbonyl (C=O) groups is 1. The van der Waals surface area contributed by atoms with Crippen LogP contribution in [0.1, 0.15) is 12.5 Å². The van der Waals surface area contributed by atoms with Gasteiger partial charge in [-0.1, -0.05) is 17.8 Å². The Balaban J connectivity index is 1.78. The molecule has 2 heterocycles. The van der Waals surface area contributed by atoms with Crippen LogP contribution in [0, 0.1) is 11.3 Å². The molecule has 1 N–H and O–H groups in total. The summed E-state index contributed by atoms with van der Waals surface area (Å²) in [5, 5.41) is 14.1. The van der Waals surface area contributed by atoms with Crippen LogP contribution in [0.15, 0.2) is 45.7 Å². The number of aromatic nitrogens is 2. The van der Waals surface area contributed by atoms with E-state index in [1.807, 2.05) is 11.4 Å². The average molecular weight is 370 g/mol. The van der Waals surface area contributed by atoms with Crippen LogP contribution in [-0.4, -0.2) is 20.7 Å². The summed E-state index contributed by atoms with van der Waals surface area (Å²) < 4.78 is 1.46. The van der Waals surface area contributed by atoms with Crippen LogP contribution in [0.2, 0.25) is 0 Å². The van der Waals surface area contributed by atoms with Crippen LogP contribution in [-0.2, 0) is 11.8 Å². The summed E-state index contributed by atoms with van der Waals surface area (Å²) >= 11 is 2.62. The van der Waals surface area contributed by atoms with Crippen molar-refractivity contribution in [2.24, 2.45) is 7.05 Å². The molecule has 0 fully saturated rings. The van der Waals surface area contributed by atoms with Crippen molar-refractivity contribution in [2.45, 2.75) is 17.3 Å². The molecule has 0 aliphatic heterocycles. The Labute approximate surface area is 152 Å². The first-order valence-electron chi connectivity index (χ1n) is 7.41. The topological polar surface area (TPSA) is 87.8 Å². The van der Waals surface area contributed by atoms with Gasteiger partial charge in [0.15, 0.2) is 5.16 Å². The molecule has 0 saturated carbocycles. The Kier molecular flexibility index (Phi) is 4.88. The van der Waals surface area contributed by atoms with Gasteiger partial charge in [0.1, 0.15) is 4.83 Å². The maximum atomic E-state index is 12.4. The molecule has 3 rings (SSSR count). The Morgan fingerprint density at radius 3 is 3.00 bits per heavy atom. The molecule has 0 radical (unpaired) electrons. The van der Waals surface area contributed by atoms with Gasteiger partial charge in [0.2, 0.25) is 5.91 Å². The summed E-state index contributed by atoms with van der Waals surface area (Å²) in [6.07, 6.45) is 0. The molecule has 25 heavy (non-hydrogen) atoms. The Hall–Kier alpha value is -2.63. The van der Waals surface area contributed by atoms with E-state index in [1.54, 1.807) is 44.3 Å². The van der Waals surface area contributed by atoms with Crippen LogP contribution < -0.4 is 10.9 Å². The smallest absolute Gasteiger partial charge is 0.262 e. The fourth-order valence-electron chi connectivity index (χ4n) is 2.21. The van der Waals surface area contributed by atoms with Gasteiger partial charge in [0.25, 0.3) is 5.56 Å². The lowest BCUT2D eigenvalue weighted by atomic mass is 10.2. The summed E-state index contributed by atoms with van der Waals surface area (Å²) in [4.78, 5) is 29.8. The number of hydrogen-bond acceptors (Lipinski definition) is 6. The zero-order valence-corrected chi connectivity index (χ0v) is 15.1. The lowest BCUT2D eigenvalue weighted by Gasteiger charge is -2.13. The van der Waals surface area contributed by atoms with E-state index >= 15 is 0 Å². The molecule has 8 heteroatoms. The largest absolute Gasteiger partial charge is 0.325 e. The van der Waals surface area contributed by atoms with Crippen molar-refractivity contribution in [3.8, 4) is 6.07 Å². The first-order chi connectivity index (χ1) is 12.0. The van der Waals surface area contributed by atoms with E-state index in [2.05, 4.69) is 10.3 Å². The van der Waals surface area contributed by atoms with Gasteiger partial charge in [0.05, 0.1) is 22.3 Å². The third kappa shape index (κ3) is 3.57. The summed E-state index contributed by atoms with van der Waals surface area (Å²) in [5.41, 5.74) is 0.917. The second-order valence-corrected chi connectivity index (χ2v) is 7.54. The summed E-state index contributed by atoms with van der Waals surface area (Å²) in [6, 6.07) is 10.5. The van der Waals surface area contributed by atoms with Crippen molar-refractivity contribution in [3.63, 3.8) is 0 Å². The fraction of sp³-hybridized carbons (Fsp3) is 0.176. The monoisotopic (exact) mass is 370 g/mol. The molecule has 0 aliphatic carbocycles. The number of thioether (sulfide) groups is 1. The van der Waals surface area contributed by atoms with Crippen molar-refractivity contribution in [1.82, 2.24) is 9.55 Å². The van der Waals surface area contributed by atoms with Gasteiger partial charge in [-0.15, -0.1) is 11.3 Å². The molecule has 0 spiro atoms. The third-order valence-corrected chi connectivity index (χ3v) is 5.52. The van der Waals surface area contributed by atoms with E-state index < -0.39 is 5.25 Å². The highest BCUT2D eigenvalue weighted by atomic mass is 32.2. The average Bonchev–Trinajstić information content (AvgIpc) is 3.08. The van der Waals surface area contributed by atoms with Gasteiger partial charge < -0.3 is 5.32 Å². The maximum Gasteiger partial charge on any atom is 0.262 e. The summed E-state index contributed by atoms with van der Waals surface area (Å²) in [5.74, 6) is -0.222. The number of carbonyl (C=O) groups excluding carboxylic acids is 1. The maximum absolute atomic E-state index is 12.4. The predicted molar refractivity (Wildman–Crippen MR) is 100.0 cm³/mol. The number of amides is 1. The first-order valence-corrected chi connectivity index (χ1v) is 9.17. The Morgan fingerprint density at radius 1 is 1.44 bits per heavy atom. The van der Waals surface area contributed by atoms with E-state index in [0.717, 1.165) is 0 Å². The van der Waals surface area contributed by atoms with Crippen molar-refractivity contribution >= 4 is 44.9 Å². The van der Waals surface area contributed by atoms with Crippen molar-refractivity contribution in [1.29, 1.82) is 5.26 Å². The minimum Gasteiger partial charge on any atom is -0.325 e. The number of thiophene rings is 1. The van der Waals surface area contributed by atoms with Crippen LogP contribution in [0.3, 0.4) is 0 Å². The first kappa shape index (κ1) is 17.2. The quantitative estimate of drug-likeness (QED) is 0.563. The van der Waals surface area contributed by atoms with Crippen molar-refractivity contribution in [3.05, 3.63) is 51.6 Å². The molecule has 1 amide bonds. The lowest BCUT2D eigenvalue weighted by Crippen LogP contribution is -2.25. The van der Waals surface area contributed by atoms with Crippen LogP contribution in [0.4, 0.5) is 5.69 Å². The minimum absolute atomic E-state index is 0.122. The molecular weight excluding hydrogens is 356 g/mol. The van der Waals surface area contributed by atoms with Gasteiger partial charge in [0, 0.05) is 12.7 Å². The Morgan fingerprint density at radius 2 is 2.24 bits per heavy atom.